The molecular weight excluding hydrogens is 226 g/mol. The van der Waals surface area contributed by atoms with Crippen LogP contribution in [0.2, 0.25) is 0 Å². The molecule has 1 rings (SSSR count). The van der Waals surface area contributed by atoms with Gasteiger partial charge in [0.1, 0.15) is 18.5 Å². The molecule has 0 saturated heterocycles. The Bertz CT molecular complexity index is 322. The van der Waals surface area contributed by atoms with Gasteiger partial charge in [0, 0.05) is 12.6 Å². The van der Waals surface area contributed by atoms with Crippen molar-refractivity contribution in [3.05, 3.63) is 36.8 Å². The topological polar surface area (TPSA) is 41.5 Å². The van der Waals surface area contributed by atoms with Gasteiger partial charge >= 0.3 is 0 Å². The van der Waals surface area contributed by atoms with Crippen LogP contribution in [0.25, 0.3) is 0 Å². The quantitative estimate of drug-likeness (QED) is 0.743. The summed E-state index contributed by atoms with van der Waals surface area (Å²) in [6.45, 7) is 8.79. The zero-order chi connectivity index (χ0) is 13.4. The second-order valence-electron chi connectivity index (χ2n) is 4.78. The van der Waals surface area contributed by atoms with Crippen LogP contribution in [0.5, 0.6) is 5.75 Å². The summed E-state index contributed by atoms with van der Waals surface area (Å²) in [7, 11) is 0. The van der Waals surface area contributed by atoms with Gasteiger partial charge in [-0.3, -0.25) is 0 Å². The molecule has 1 unspecified atom stereocenters. The van der Waals surface area contributed by atoms with Crippen molar-refractivity contribution in [1.29, 1.82) is 0 Å². The zero-order valence-electron chi connectivity index (χ0n) is 11.4. The monoisotopic (exact) mass is 250 g/mol. The van der Waals surface area contributed by atoms with Crippen LogP contribution in [-0.4, -0.2) is 30.4 Å². The van der Waals surface area contributed by atoms with Crippen LogP contribution < -0.4 is 10.1 Å². The van der Waals surface area contributed by atoms with Crippen molar-refractivity contribution < 1.29 is 9.84 Å². The van der Waals surface area contributed by atoms with Crippen LogP contribution in [0.1, 0.15) is 25.8 Å². The van der Waals surface area contributed by atoms with Crippen LogP contribution in [0.4, 0.5) is 0 Å². The van der Waals surface area contributed by atoms with E-state index in [9.17, 15) is 5.11 Å². The van der Waals surface area contributed by atoms with Crippen molar-refractivity contribution >= 4 is 0 Å². The van der Waals surface area contributed by atoms with Gasteiger partial charge in [-0.25, -0.2) is 0 Å². The number of aliphatic hydroxyl groups is 1. The summed E-state index contributed by atoms with van der Waals surface area (Å²) in [5.41, 5.74) is 1.26. The normalized spacial score (nSPS) is 12.7. The van der Waals surface area contributed by atoms with E-state index < -0.39 is 6.10 Å². The van der Waals surface area contributed by atoms with Crippen LogP contribution in [0.3, 0.4) is 0 Å². The molecule has 0 aliphatic carbocycles. The first-order valence-corrected chi connectivity index (χ1v) is 6.54. The molecule has 0 aliphatic rings. The number of nitrogens with one attached hydrogen (secondary N) is 1. The van der Waals surface area contributed by atoms with Crippen LogP contribution >= 0.6 is 0 Å². The second-order valence-corrected chi connectivity index (χ2v) is 4.78. The van der Waals surface area contributed by atoms with Crippen molar-refractivity contribution in [1.82, 2.24) is 5.32 Å². The van der Waals surface area contributed by atoms with Crippen molar-refractivity contribution in [3.63, 3.8) is 0 Å². The molecule has 1 aromatic carbocycles. The highest BCUT2D eigenvalue weighted by atomic mass is 16.5. The van der Waals surface area contributed by atoms with Gasteiger partial charge in [-0.05, 0) is 30.5 Å². The van der Waals surface area contributed by atoms with E-state index in [-0.39, 0.29) is 0 Å². The summed E-state index contributed by atoms with van der Waals surface area (Å²) < 4.78 is 5.53. The number of aryl methyl sites for hydroxylation is 1. The molecule has 0 aliphatic heterocycles. The lowest BCUT2D eigenvalue weighted by Crippen LogP contribution is -2.35. The second kappa shape index (κ2) is 8.11. The summed E-state index contributed by atoms with van der Waals surface area (Å²) >= 11 is 0. The van der Waals surface area contributed by atoms with Gasteiger partial charge in [0.05, 0.1) is 0 Å². The molecule has 1 radical (unpaired) electrons. The molecule has 0 saturated carbocycles. The SMILES string of the molecule is [CH2]CCc1ccc(OCC(O)CNC(C)C)cc1. The summed E-state index contributed by atoms with van der Waals surface area (Å²) in [6, 6.07) is 8.33. The number of aliphatic hydroxyl groups excluding tert-OH is 1. The Kier molecular flexibility index (Phi) is 6.76. The van der Waals surface area contributed by atoms with Crippen molar-refractivity contribution in [2.24, 2.45) is 0 Å². The third kappa shape index (κ3) is 6.03. The number of hydrogen-bond donors (Lipinski definition) is 2. The van der Waals surface area contributed by atoms with Gasteiger partial charge in [-0.15, -0.1) is 0 Å². The molecule has 3 nitrogen and oxygen atoms in total. The Morgan fingerprint density at radius 1 is 1.28 bits per heavy atom. The smallest absolute Gasteiger partial charge is 0.119 e. The molecule has 0 heterocycles. The van der Waals surface area contributed by atoms with Crippen molar-refractivity contribution in [2.75, 3.05) is 13.2 Å². The number of hydrogen-bond acceptors (Lipinski definition) is 3. The first kappa shape index (κ1) is 15.0. The molecule has 0 spiro atoms. The fourth-order valence-electron chi connectivity index (χ4n) is 1.58. The number of benzene rings is 1. The number of rotatable bonds is 8. The Labute approximate surface area is 110 Å². The lowest BCUT2D eigenvalue weighted by molar-refractivity contribution is 0.104. The molecule has 0 amide bonds. The van der Waals surface area contributed by atoms with E-state index in [2.05, 4.69) is 26.1 Å². The van der Waals surface area contributed by atoms with Gasteiger partial charge in [0.25, 0.3) is 0 Å². The molecule has 1 aromatic rings. The fraction of sp³-hybridized carbons (Fsp3) is 0.533. The predicted molar refractivity (Wildman–Crippen MR) is 74.8 cm³/mol. The predicted octanol–water partition coefficient (Wildman–Crippen LogP) is 2.19. The summed E-state index contributed by atoms with van der Waals surface area (Å²) in [5.74, 6) is 0.798. The minimum atomic E-state index is -0.480. The highest BCUT2D eigenvalue weighted by Crippen LogP contribution is 2.13. The highest BCUT2D eigenvalue weighted by molar-refractivity contribution is 5.27. The average Bonchev–Trinajstić information content (AvgIpc) is 2.36. The van der Waals surface area contributed by atoms with E-state index in [1.807, 2.05) is 24.3 Å². The lowest BCUT2D eigenvalue weighted by Gasteiger charge is -2.15. The first-order valence-electron chi connectivity index (χ1n) is 6.54. The standard InChI is InChI=1S/C15H24NO2/c1-4-5-13-6-8-15(9-7-13)18-11-14(17)10-16-12(2)3/h6-9,12,14,16-17H,1,4-5,10-11H2,2-3H3. The van der Waals surface area contributed by atoms with Gasteiger partial charge < -0.3 is 15.2 Å². The van der Waals surface area contributed by atoms with E-state index in [0.717, 1.165) is 18.6 Å². The van der Waals surface area contributed by atoms with Gasteiger partial charge in [0.15, 0.2) is 0 Å². The number of ether oxygens (including phenoxy) is 1. The van der Waals surface area contributed by atoms with E-state index in [1.54, 1.807) is 0 Å². The van der Waals surface area contributed by atoms with Crippen LogP contribution in [0, 0.1) is 6.92 Å². The van der Waals surface area contributed by atoms with E-state index >= 15 is 0 Å². The van der Waals surface area contributed by atoms with E-state index in [1.165, 1.54) is 5.56 Å². The summed E-state index contributed by atoms with van der Waals surface area (Å²) in [6.07, 6.45) is 1.41. The maximum atomic E-state index is 9.70. The van der Waals surface area contributed by atoms with Gasteiger partial charge in [0.2, 0.25) is 0 Å². The summed E-state index contributed by atoms with van der Waals surface area (Å²) in [4.78, 5) is 0. The van der Waals surface area contributed by atoms with Crippen LogP contribution in [0.15, 0.2) is 24.3 Å². The van der Waals surface area contributed by atoms with Gasteiger partial charge in [-0.1, -0.05) is 32.9 Å². The van der Waals surface area contributed by atoms with Gasteiger partial charge in [-0.2, -0.15) is 0 Å². The van der Waals surface area contributed by atoms with Crippen molar-refractivity contribution in [3.8, 4) is 5.75 Å². The fourth-order valence-corrected chi connectivity index (χ4v) is 1.58. The molecule has 0 aromatic heterocycles. The Morgan fingerprint density at radius 3 is 2.50 bits per heavy atom. The Balaban J connectivity index is 2.29. The molecule has 0 bridgehead atoms. The molecular formula is C15H24NO2. The Morgan fingerprint density at radius 2 is 1.94 bits per heavy atom. The zero-order valence-corrected chi connectivity index (χ0v) is 11.4. The highest BCUT2D eigenvalue weighted by Gasteiger charge is 2.05. The average molecular weight is 250 g/mol. The largest absolute Gasteiger partial charge is 0.491 e. The molecule has 18 heavy (non-hydrogen) atoms. The molecule has 0 fully saturated rings. The minimum Gasteiger partial charge on any atom is -0.491 e. The maximum absolute atomic E-state index is 9.70. The van der Waals surface area contributed by atoms with Crippen LogP contribution in [-0.2, 0) is 6.42 Å². The molecule has 1 atom stereocenters. The van der Waals surface area contributed by atoms with E-state index in [4.69, 9.17) is 4.74 Å². The molecule has 101 valence electrons. The third-order valence-corrected chi connectivity index (χ3v) is 2.59. The third-order valence-electron chi connectivity index (χ3n) is 2.59. The lowest BCUT2D eigenvalue weighted by atomic mass is 10.1. The molecule has 3 heteroatoms. The van der Waals surface area contributed by atoms with Crippen molar-refractivity contribution in [2.45, 2.75) is 38.8 Å². The Hall–Kier alpha value is -1.06. The van der Waals surface area contributed by atoms with E-state index in [0.29, 0.717) is 19.2 Å². The minimum absolute atomic E-state index is 0.314. The summed E-state index contributed by atoms with van der Waals surface area (Å²) in [5, 5.41) is 12.9. The molecule has 2 N–H and O–H groups in total. The first-order chi connectivity index (χ1) is 8.61. The maximum Gasteiger partial charge on any atom is 0.119 e.